The maximum Gasteiger partial charge on any atom is 0.337 e. The summed E-state index contributed by atoms with van der Waals surface area (Å²) < 4.78 is 2.08. The third kappa shape index (κ3) is 2.15. The number of hydrogen-bond donors (Lipinski definition) is 1. The molecule has 1 aliphatic rings. The minimum atomic E-state index is -1.03. The average molecular weight is 279 g/mol. The Labute approximate surface area is 114 Å². The van der Waals surface area contributed by atoms with Crippen LogP contribution in [0.4, 0.5) is 5.82 Å². The number of aromatic carboxylic acids is 1. The number of hydrogen-bond acceptors (Lipinski definition) is 4. The fourth-order valence-corrected chi connectivity index (χ4v) is 2.42. The molecule has 3 rings (SSSR count). The number of halogens is 1. The Kier molecular flexibility index (Phi) is 2.87. The molecule has 0 aromatic carbocycles. The van der Waals surface area contributed by atoms with E-state index in [1.807, 2.05) is 11.1 Å². The van der Waals surface area contributed by atoms with Crippen LogP contribution in [0.5, 0.6) is 0 Å². The number of aromatic nitrogens is 3. The second kappa shape index (κ2) is 4.55. The summed E-state index contributed by atoms with van der Waals surface area (Å²) in [5.74, 6) is 0.516. The molecule has 0 bridgehead atoms. The van der Waals surface area contributed by atoms with Crippen LogP contribution in [0.15, 0.2) is 24.7 Å². The summed E-state index contributed by atoms with van der Waals surface area (Å²) in [4.78, 5) is 21.3. The van der Waals surface area contributed by atoms with Crippen molar-refractivity contribution >= 4 is 23.4 Å². The topological polar surface area (TPSA) is 71.2 Å². The number of carboxylic acids is 1. The zero-order chi connectivity index (χ0) is 13.4. The van der Waals surface area contributed by atoms with Crippen molar-refractivity contribution in [3.8, 4) is 0 Å². The van der Waals surface area contributed by atoms with Gasteiger partial charge in [0.1, 0.15) is 11.6 Å². The van der Waals surface area contributed by atoms with Crippen LogP contribution in [0.2, 0.25) is 5.02 Å². The summed E-state index contributed by atoms with van der Waals surface area (Å²) in [6.07, 6.45) is 5.03. The highest BCUT2D eigenvalue weighted by atomic mass is 35.5. The smallest absolute Gasteiger partial charge is 0.337 e. The predicted octanol–water partition coefficient (Wildman–Crippen LogP) is 1.65. The van der Waals surface area contributed by atoms with Crippen LogP contribution in [-0.4, -0.2) is 32.2 Å². The van der Waals surface area contributed by atoms with Crippen molar-refractivity contribution in [2.45, 2.75) is 13.1 Å². The van der Waals surface area contributed by atoms with Gasteiger partial charge in [-0.3, -0.25) is 0 Å². The second-order valence-electron chi connectivity index (χ2n) is 4.29. The maximum atomic E-state index is 10.8. The quantitative estimate of drug-likeness (QED) is 0.904. The molecule has 0 saturated carbocycles. The lowest BCUT2D eigenvalue weighted by Gasteiger charge is -2.29. The van der Waals surface area contributed by atoms with Crippen molar-refractivity contribution in [1.29, 1.82) is 0 Å². The van der Waals surface area contributed by atoms with E-state index >= 15 is 0 Å². The highest BCUT2D eigenvalue weighted by Crippen LogP contribution is 2.26. The molecule has 6 nitrogen and oxygen atoms in total. The lowest BCUT2D eigenvalue weighted by Crippen LogP contribution is -2.34. The molecule has 19 heavy (non-hydrogen) atoms. The first-order valence-corrected chi connectivity index (χ1v) is 6.17. The highest BCUT2D eigenvalue weighted by Gasteiger charge is 2.20. The average Bonchev–Trinajstić information content (AvgIpc) is 2.85. The van der Waals surface area contributed by atoms with E-state index in [9.17, 15) is 4.79 Å². The number of anilines is 1. The van der Waals surface area contributed by atoms with Crippen LogP contribution in [0, 0.1) is 0 Å². The third-order valence-corrected chi connectivity index (χ3v) is 3.39. The number of pyridine rings is 1. The van der Waals surface area contributed by atoms with Crippen molar-refractivity contribution in [1.82, 2.24) is 14.5 Å². The van der Waals surface area contributed by atoms with Gasteiger partial charge in [-0.1, -0.05) is 11.6 Å². The Hall–Kier alpha value is -2.08. The van der Waals surface area contributed by atoms with Gasteiger partial charge in [0.15, 0.2) is 0 Å². The number of nitrogens with zero attached hydrogens (tertiary/aromatic N) is 4. The molecule has 98 valence electrons. The molecule has 0 atom stereocenters. The van der Waals surface area contributed by atoms with E-state index in [0.29, 0.717) is 17.4 Å². The van der Waals surface area contributed by atoms with Gasteiger partial charge in [0.2, 0.25) is 0 Å². The summed E-state index contributed by atoms with van der Waals surface area (Å²) in [6, 6.07) is 1.42. The SMILES string of the molecule is O=C(O)c1cnc(N2CCn3ccnc3C2)c(Cl)c1. The summed E-state index contributed by atoms with van der Waals surface area (Å²) in [5, 5.41) is 9.23. The van der Waals surface area contributed by atoms with Gasteiger partial charge in [-0.05, 0) is 6.07 Å². The van der Waals surface area contributed by atoms with E-state index in [0.717, 1.165) is 18.9 Å². The predicted molar refractivity (Wildman–Crippen MR) is 69.5 cm³/mol. The molecule has 2 aromatic heterocycles. The van der Waals surface area contributed by atoms with Crippen molar-refractivity contribution in [3.05, 3.63) is 41.1 Å². The maximum absolute atomic E-state index is 10.8. The van der Waals surface area contributed by atoms with Gasteiger partial charge in [0.25, 0.3) is 0 Å². The van der Waals surface area contributed by atoms with Gasteiger partial charge in [0.05, 0.1) is 17.1 Å². The first kappa shape index (κ1) is 12.0. The number of fused-ring (bicyclic) bond motifs is 1. The molecule has 0 unspecified atom stereocenters. The minimum Gasteiger partial charge on any atom is -0.478 e. The largest absolute Gasteiger partial charge is 0.478 e. The molecule has 0 amide bonds. The third-order valence-electron chi connectivity index (χ3n) is 3.11. The van der Waals surface area contributed by atoms with E-state index in [2.05, 4.69) is 14.5 Å². The van der Waals surface area contributed by atoms with Gasteiger partial charge in [-0.15, -0.1) is 0 Å². The number of carbonyl (C=O) groups is 1. The molecule has 7 heteroatoms. The molecule has 1 N–H and O–H groups in total. The van der Waals surface area contributed by atoms with E-state index in [1.54, 1.807) is 6.20 Å². The zero-order valence-corrected chi connectivity index (χ0v) is 10.7. The second-order valence-corrected chi connectivity index (χ2v) is 4.70. The standard InChI is InChI=1S/C12H11ClN4O2/c13-9-5-8(12(18)19)6-15-11(9)17-4-3-16-2-1-14-10(16)7-17/h1-2,5-6H,3-4,7H2,(H,18,19). The van der Waals surface area contributed by atoms with E-state index in [4.69, 9.17) is 16.7 Å². The first-order chi connectivity index (χ1) is 9.15. The molecule has 0 aliphatic carbocycles. The minimum absolute atomic E-state index is 0.0901. The van der Waals surface area contributed by atoms with Crippen molar-refractivity contribution in [3.63, 3.8) is 0 Å². The van der Waals surface area contributed by atoms with E-state index < -0.39 is 5.97 Å². The molecule has 0 radical (unpaired) electrons. The fraction of sp³-hybridized carbons (Fsp3) is 0.250. The fourth-order valence-electron chi connectivity index (χ4n) is 2.13. The lowest BCUT2D eigenvalue weighted by atomic mass is 10.2. The Morgan fingerprint density at radius 2 is 2.21 bits per heavy atom. The van der Waals surface area contributed by atoms with Gasteiger partial charge in [-0.2, -0.15) is 0 Å². The normalized spacial score (nSPS) is 14.3. The van der Waals surface area contributed by atoms with Crippen LogP contribution < -0.4 is 4.90 Å². The van der Waals surface area contributed by atoms with Crippen LogP contribution in [0.25, 0.3) is 0 Å². The Morgan fingerprint density at radius 3 is 2.95 bits per heavy atom. The summed E-state index contributed by atoms with van der Waals surface area (Å²) in [5.41, 5.74) is 0.0901. The van der Waals surface area contributed by atoms with Crippen molar-refractivity contribution in [2.75, 3.05) is 11.4 Å². The zero-order valence-electron chi connectivity index (χ0n) is 9.95. The van der Waals surface area contributed by atoms with Crippen molar-refractivity contribution < 1.29 is 9.90 Å². The van der Waals surface area contributed by atoms with Gasteiger partial charge in [-0.25, -0.2) is 14.8 Å². The highest BCUT2D eigenvalue weighted by molar-refractivity contribution is 6.33. The molecule has 0 spiro atoms. The molecular weight excluding hydrogens is 268 g/mol. The van der Waals surface area contributed by atoms with Crippen LogP contribution in [0.3, 0.4) is 0 Å². The Balaban J connectivity index is 1.90. The van der Waals surface area contributed by atoms with Gasteiger partial charge >= 0.3 is 5.97 Å². The van der Waals surface area contributed by atoms with Crippen molar-refractivity contribution in [2.24, 2.45) is 0 Å². The number of carboxylic acid groups (broad SMARTS) is 1. The van der Waals surface area contributed by atoms with Gasteiger partial charge in [0, 0.05) is 31.7 Å². The number of imidazole rings is 1. The molecule has 1 aliphatic heterocycles. The summed E-state index contributed by atoms with van der Waals surface area (Å²) >= 11 is 6.11. The van der Waals surface area contributed by atoms with E-state index in [-0.39, 0.29) is 5.56 Å². The molecular formula is C12H11ClN4O2. The van der Waals surface area contributed by atoms with Crippen LogP contribution in [0.1, 0.15) is 16.2 Å². The lowest BCUT2D eigenvalue weighted by molar-refractivity contribution is 0.0696. The summed E-state index contributed by atoms with van der Waals surface area (Å²) in [6.45, 7) is 2.20. The molecule has 3 heterocycles. The monoisotopic (exact) mass is 278 g/mol. The molecule has 2 aromatic rings. The van der Waals surface area contributed by atoms with E-state index in [1.165, 1.54) is 12.3 Å². The van der Waals surface area contributed by atoms with Crippen LogP contribution >= 0.6 is 11.6 Å². The summed E-state index contributed by atoms with van der Waals surface area (Å²) in [7, 11) is 0. The Bertz CT molecular complexity index is 640. The van der Waals surface area contributed by atoms with Crippen LogP contribution in [-0.2, 0) is 13.1 Å². The Morgan fingerprint density at radius 1 is 1.37 bits per heavy atom. The molecule has 0 fully saturated rings. The number of rotatable bonds is 2. The molecule has 0 saturated heterocycles. The van der Waals surface area contributed by atoms with Gasteiger partial charge < -0.3 is 14.6 Å². The first-order valence-electron chi connectivity index (χ1n) is 5.79.